The SMILES string of the molecule is C[C@H](OC(=O)c1ccc(CN2CCOCC2)cc1)C(=O)Nc1ccc(Cl)cc1. The molecule has 7 heteroatoms. The zero-order chi connectivity index (χ0) is 19.9. The molecule has 1 N–H and O–H groups in total. The summed E-state index contributed by atoms with van der Waals surface area (Å²) in [6, 6.07) is 14.0. The monoisotopic (exact) mass is 402 g/mol. The minimum absolute atomic E-state index is 0.403. The van der Waals surface area contributed by atoms with E-state index in [4.69, 9.17) is 21.1 Å². The molecule has 0 aromatic heterocycles. The molecule has 2 aromatic carbocycles. The number of halogens is 1. The molecule has 1 heterocycles. The molecule has 0 saturated carbocycles. The number of carbonyl (C=O) groups is 2. The number of ether oxygens (including phenoxy) is 2. The van der Waals surface area contributed by atoms with E-state index in [1.54, 1.807) is 36.4 Å². The van der Waals surface area contributed by atoms with Gasteiger partial charge in [-0.3, -0.25) is 9.69 Å². The molecule has 0 radical (unpaired) electrons. The van der Waals surface area contributed by atoms with Gasteiger partial charge in [-0.1, -0.05) is 23.7 Å². The molecule has 0 unspecified atom stereocenters. The van der Waals surface area contributed by atoms with Crippen molar-refractivity contribution < 1.29 is 19.1 Å². The molecule has 0 bridgehead atoms. The van der Waals surface area contributed by atoms with Crippen molar-refractivity contribution in [3.05, 3.63) is 64.7 Å². The van der Waals surface area contributed by atoms with Gasteiger partial charge in [-0.25, -0.2) is 4.79 Å². The second-order valence-electron chi connectivity index (χ2n) is 6.63. The molecule has 1 aliphatic rings. The van der Waals surface area contributed by atoms with Gasteiger partial charge in [0.15, 0.2) is 6.10 Å². The molecule has 1 amide bonds. The summed E-state index contributed by atoms with van der Waals surface area (Å²) >= 11 is 5.82. The van der Waals surface area contributed by atoms with Gasteiger partial charge >= 0.3 is 5.97 Å². The lowest BCUT2D eigenvalue weighted by atomic mass is 10.1. The van der Waals surface area contributed by atoms with E-state index in [-0.39, 0.29) is 0 Å². The van der Waals surface area contributed by atoms with E-state index in [1.165, 1.54) is 6.92 Å². The van der Waals surface area contributed by atoms with Crippen LogP contribution in [0, 0.1) is 0 Å². The zero-order valence-electron chi connectivity index (χ0n) is 15.7. The predicted octanol–water partition coefficient (Wildman–Crippen LogP) is 3.36. The molecule has 0 spiro atoms. The van der Waals surface area contributed by atoms with E-state index < -0.39 is 18.0 Å². The number of benzene rings is 2. The smallest absolute Gasteiger partial charge is 0.338 e. The van der Waals surface area contributed by atoms with Gasteiger partial charge in [0.1, 0.15) is 0 Å². The zero-order valence-corrected chi connectivity index (χ0v) is 16.4. The molecular weight excluding hydrogens is 380 g/mol. The van der Waals surface area contributed by atoms with Gasteiger partial charge in [0, 0.05) is 30.3 Å². The van der Waals surface area contributed by atoms with Gasteiger partial charge in [0.2, 0.25) is 0 Å². The number of nitrogens with one attached hydrogen (secondary N) is 1. The van der Waals surface area contributed by atoms with Crippen molar-refractivity contribution in [3.8, 4) is 0 Å². The number of hydrogen-bond acceptors (Lipinski definition) is 5. The summed E-state index contributed by atoms with van der Waals surface area (Å²) < 4.78 is 10.6. The third kappa shape index (κ3) is 5.79. The highest BCUT2D eigenvalue weighted by Crippen LogP contribution is 2.15. The second-order valence-corrected chi connectivity index (χ2v) is 7.07. The van der Waals surface area contributed by atoms with Gasteiger partial charge in [-0.15, -0.1) is 0 Å². The van der Waals surface area contributed by atoms with Crippen LogP contribution in [0.5, 0.6) is 0 Å². The molecule has 1 saturated heterocycles. The first-order valence-corrected chi connectivity index (χ1v) is 9.55. The molecule has 1 atom stereocenters. The Balaban J connectivity index is 1.51. The van der Waals surface area contributed by atoms with Crippen LogP contribution in [0.2, 0.25) is 5.02 Å². The summed E-state index contributed by atoms with van der Waals surface area (Å²) in [5, 5.41) is 3.27. The number of hydrogen-bond donors (Lipinski definition) is 1. The van der Waals surface area contributed by atoms with Crippen molar-refractivity contribution in [1.82, 2.24) is 4.90 Å². The Hall–Kier alpha value is -2.41. The van der Waals surface area contributed by atoms with Crippen LogP contribution in [-0.2, 0) is 20.8 Å². The van der Waals surface area contributed by atoms with Crippen LogP contribution in [0.3, 0.4) is 0 Å². The van der Waals surface area contributed by atoms with Crippen LogP contribution in [0.4, 0.5) is 5.69 Å². The number of nitrogens with zero attached hydrogens (tertiary/aromatic N) is 1. The van der Waals surface area contributed by atoms with Gasteiger partial charge in [0.25, 0.3) is 5.91 Å². The fraction of sp³-hybridized carbons (Fsp3) is 0.333. The van der Waals surface area contributed by atoms with E-state index >= 15 is 0 Å². The Morgan fingerprint density at radius 1 is 1.11 bits per heavy atom. The van der Waals surface area contributed by atoms with Crippen LogP contribution in [-0.4, -0.2) is 49.2 Å². The number of morpholine rings is 1. The third-order valence-electron chi connectivity index (χ3n) is 4.46. The highest BCUT2D eigenvalue weighted by Gasteiger charge is 2.19. The fourth-order valence-corrected chi connectivity index (χ4v) is 2.95. The molecule has 28 heavy (non-hydrogen) atoms. The van der Waals surface area contributed by atoms with E-state index in [1.807, 2.05) is 12.1 Å². The standard InChI is InChI=1S/C21H23ClN2O4/c1-15(20(25)23-19-8-6-18(22)7-9-19)28-21(26)17-4-2-16(3-5-17)14-24-10-12-27-13-11-24/h2-9,15H,10-14H2,1H3,(H,23,25)/t15-/m0/s1. The number of esters is 1. The molecule has 1 fully saturated rings. The van der Waals surface area contributed by atoms with Crippen molar-refractivity contribution in [1.29, 1.82) is 0 Å². The van der Waals surface area contributed by atoms with Gasteiger partial charge in [-0.2, -0.15) is 0 Å². The molecule has 2 aromatic rings. The molecule has 0 aliphatic carbocycles. The molecule has 3 rings (SSSR count). The van der Waals surface area contributed by atoms with E-state index in [2.05, 4.69) is 10.2 Å². The summed E-state index contributed by atoms with van der Waals surface area (Å²) in [6.45, 7) is 5.67. The lowest BCUT2D eigenvalue weighted by molar-refractivity contribution is -0.123. The minimum Gasteiger partial charge on any atom is -0.449 e. The number of amides is 1. The maximum atomic E-state index is 12.3. The normalized spacial score (nSPS) is 15.6. The maximum Gasteiger partial charge on any atom is 0.338 e. The Labute approximate surface area is 169 Å². The van der Waals surface area contributed by atoms with E-state index in [0.717, 1.165) is 38.4 Å². The first-order valence-electron chi connectivity index (χ1n) is 9.18. The summed E-state index contributed by atoms with van der Waals surface area (Å²) in [5.74, 6) is -0.934. The summed E-state index contributed by atoms with van der Waals surface area (Å²) in [5.41, 5.74) is 2.12. The predicted molar refractivity (Wildman–Crippen MR) is 107 cm³/mol. The highest BCUT2D eigenvalue weighted by molar-refractivity contribution is 6.30. The largest absolute Gasteiger partial charge is 0.449 e. The second kappa shape index (κ2) is 9.68. The molecular formula is C21H23ClN2O4. The van der Waals surface area contributed by atoms with Crippen molar-refractivity contribution in [2.75, 3.05) is 31.6 Å². The van der Waals surface area contributed by atoms with Gasteiger partial charge in [-0.05, 0) is 48.9 Å². The Morgan fingerprint density at radius 3 is 2.39 bits per heavy atom. The van der Waals surface area contributed by atoms with Crippen LogP contribution >= 0.6 is 11.6 Å². The Bertz CT molecular complexity index is 802. The van der Waals surface area contributed by atoms with Crippen molar-refractivity contribution >= 4 is 29.2 Å². The topological polar surface area (TPSA) is 67.9 Å². The van der Waals surface area contributed by atoms with Gasteiger partial charge < -0.3 is 14.8 Å². The van der Waals surface area contributed by atoms with Crippen LogP contribution in [0.25, 0.3) is 0 Å². The van der Waals surface area contributed by atoms with Crippen LogP contribution in [0.15, 0.2) is 48.5 Å². The average molecular weight is 403 g/mol. The quantitative estimate of drug-likeness (QED) is 0.750. The Kier molecular flexibility index (Phi) is 7.03. The summed E-state index contributed by atoms with van der Waals surface area (Å²) in [7, 11) is 0. The van der Waals surface area contributed by atoms with E-state index in [9.17, 15) is 9.59 Å². The number of anilines is 1. The first kappa shape index (κ1) is 20.3. The van der Waals surface area contributed by atoms with Crippen molar-refractivity contribution in [2.24, 2.45) is 0 Å². The highest BCUT2D eigenvalue weighted by atomic mass is 35.5. The lowest BCUT2D eigenvalue weighted by Crippen LogP contribution is -2.35. The number of rotatable bonds is 6. The third-order valence-corrected chi connectivity index (χ3v) is 4.72. The summed E-state index contributed by atoms with van der Waals surface area (Å²) in [4.78, 5) is 26.8. The lowest BCUT2D eigenvalue weighted by Gasteiger charge is -2.26. The van der Waals surface area contributed by atoms with Gasteiger partial charge in [0.05, 0.1) is 18.8 Å². The van der Waals surface area contributed by atoms with Crippen molar-refractivity contribution in [2.45, 2.75) is 19.6 Å². The first-order chi connectivity index (χ1) is 13.5. The molecule has 6 nitrogen and oxygen atoms in total. The fourth-order valence-electron chi connectivity index (χ4n) is 2.82. The van der Waals surface area contributed by atoms with E-state index in [0.29, 0.717) is 16.3 Å². The van der Waals surface area contributed by atoms with Crippen LogP contribution in [0.1, 0.15) is 22.8 Å². The number of carbonyl (C=O) groups excluding carboxylic acids is 2. The van der Waals surface area contributed by atoms with Crippen LogP contribution < -0.4 is 5.32 Å². The minimum atomic E-state index is -0.920. The van der Waals surface area contributed by atoms with Crippen molar-refractivity contribution in [3.63, 3.8) is 0 Å². The molecule has 148 valence electrons. The molecule has 1 aliphatic heterocycles. The summed E-state index contributed by atoms with van der Waals surface area (Å²) in [6.07, 6.45) is -0.920. The Morgan fingerprint density at radius 2 is 1.75 bits per heavy atom. The average Bonchev–Trinajstić information content (AvgIpc) is 2.71. The maximum absolute atomic E-state index is 12.3.